The summed E-state index contributed by atoms with van der Waals surface area (Å²) in [7, 11) is 0. The lowest BCUT2D eigenvalue weighted by Crippen LogP contribution is -2.29. The molecular formula is C9H14N2O3. The number of rotatable bonds is 5. The highest BCUT2D eigenvalue weighted by atomic mass is 16.4. The molecule has 5 nitrogen and oxygen atoms in total. The smallest absolute Gasteiger partial charge is 0.297 e. The molecule has 14 heavy (non-hydrogen) atoms. The van der Waals surface area contributed by atoms with E-state index in [9.17, 15) is 0 Å². The average molecular weight is 198 g/mol. The molecule has 78 valence electrons. The van der Waals surface area contributed by atoms with Crippen molar-refractivity contribution in [3.63, 3.8) is 0 Å². The standard InChI is InChI=1S/C9H14N2O3/c12-4-3-11(8-1-2-8)9-10-7(5-13)6-14-9/h6,8,12-13H,1-5H2. The second kappa shape index (κ2) is 3.98. The molecule has 0 radical (unpaired) electrons. The highest BCUT2D eigenvalue weighted by Gasteiger charge is 2.31. The monoisotopic (exact) mass is 198 g/mol. The topological polar surface area (TPSA) is 69.7 Å². The third-order valence-electron chi connectivity index (χ3n) is 2.28. The molecule has 1 heterocycles. The van der Waals surface area contributed by atoms with E-state index in [1.165, 1.54) is 6.26 Å². The van der Waals surface area contributed by atoms with Crippen LogP contribution in [0.1, 0.15) is 18.5 Å². The molecule has 0 aliphatic heterocycles. The van der Waals surface area contributed by atoms with Gasteiger partial charge in [0.25, 0.3) is 6.01 Å². The van der Waals surface area contributed by atoms with Gasteiger partial charge in [0.2, 0.25) is 0 Å². The molecule has 0 unspecified atom stereocenters. The molecule has 2 rings (SSSR count). The van der Waals surface area contributed by atoms with E-state index < -0.39 is 0 Å². The predicted molar refractivity (Wildman–Crippen MR) is 49.9 cm³/mol. The minimum atomic E-state index is -0.110. The molecule has 1 saturated carbocycles. The van der Waals surface area contributed by atoms with Gasteiger partial charge in [-0.25, -0.2) is 0 Å². The maximum atomic E-state index is 8.88. The summed E-state index contributed by atoms with van der Waals surface area (Å²) >= 11 is 0. The molecule has 0 spiro atoms. The van der Waals surface area contributed by atoms with E-state index in [2.05, 4.69) is 4.98 Å². The van der Waals surface area contributed by atoms with E-state index in [1.54, 1.807) is 0 Å². The van der Waals surface area contributed by atoms with Crippen LogP contribution in [-0.4, -0.2) is 34.4 Å². The molecular weight excluding hydrogens is 184 g/mol. The quantitative estimate of drug-likeness (QED) is 0.703. The third-order valence-corrected chi connectivity index (χ3v) is 2.28. The Morgan fingerprint density at radius 3 is 2.79 bits per heavy atom. The zero-order valence-electron chi connectivity index (χ0n) is 7.89. The highest BCUT2D eigenvalue weighted by molar-refractivity contribution is 5.31. The van der Waals surface area contributed by atoms with Gasteiger partial charge in [-0.3, -0.25) is 0 Å². The van der Waals surface area contributed by atoms with Crippen LogP contribution in [0.3, 0.4) is 0 Å². The molecule has 1 aromatic heterocycles. The van der Waals surface area contributed by atoms with E-state index in [4.69, 9.17) is 14.6 Å². The molecule has 0 amide bonds. The van der Waals surface area contributed by atoms with Gasteiger partial charge in [0.15, 0.2) is 0 Å². The zero-order chi connectivity index (χ0) is 9.97. The summed E-state index contributed by atoms with van der Waals surface area (Å²) < 4.78 is 5.22. The van der Waals surface area contributed by atoms with E-state index in [1.807, 2.05) is 4.90 Å². The van der Waals surface area contributed by atoms with Gasteiger partial charge in [0.05, 0.1) is 13.2 Å². The van der Waals surface area contributed by atoms with Gasteiger partial charge in [0.1, 0.15) is 12.0 Å². The maximum absolute atomic E-state index is 8.88. The van der Waals surface area contributed by atoms with Crippen molar-refractivity contribution in [1.29, 1.82) is 0 Å². The van der Waals surface area contributed by atoms with Crippen molar-refractivity contribution in [2.75, 3.05) is 18.1 Å². The number of hydrogen-bond acceptors (Lipinski definition) is 5. The Morgan fingerprint density at radius 2 is 2.29 bits per heavy atom. The van der Waals surface area contributed by atoms with Crippen molar-refractivity contribution >= 4 is 6.01 Å². The predicted octanol–water partition coefficient (Wildman–Crippen LogP) is 0.128. The summed E-state index contributed by atoms with van der Waals surface area (Å²) in [6, 6.07) is 0.956. The van der Waals surface area contributed by atoms with Crippen LogP contribution in [-0.2, 0) is 6.61 Å². The van der Waals surface area contributed by atoms with Crippen molar-refractivity contribution in [3.8, 4) is 0 Å². The summed E-state index contributed by atoms with van der Waals surface area (Å²) in [6.07, 6.45) is 3.69. The Kier molecular flexibility index (Phi) is 2.69. The highest BCUT2D eigenvalue weighted by Crippen LogP contribution is 2.30. The van der Waals surface area contributed by atoms with Crippen molar-refractivity contribution in [2.24, 2.45) is 0 Å². The summed E-state index contributed by atoms with van der Waals surface area (Å²) in [6.45, 7) is 0.518. The molecule has 2 N–H and O–H groups in total. The number of aromatic nitrogens is 1. The largest absolute Gasteiger partial charge is 0.432 e. The lowest BCUT2D eigenvalue weighted by Gasteiger charge is -2.18. The van der Waals surface area contributed by atoms with Gasteiger partial charge in [-0.1, -0.05) is 0 Å². The van der Waals surface area contributed by atoms with Gasteiger partial charge in [0, 0.05) is 12.6 Å². The lowest BCUT2D eigenvalue weighted by atomic mass is 10.5. The van der Waals surface area contributed by atoms with Crippen LogP contribution in [0.2, 0.25) is 0 Å². The first-order valence-corrected chi connectivity index (χ1v) is 4.78. The summed E-state index contributed by atoms with van der Waals surface area (Å²) in [4.78, 5) is 6.05. The van der Waals surface area contributed by atoms with Crippen LogP contribution in [0.25, 0.3) is 0 Å². The van der Waals surface area contributed by atoms with Crippen molar-refractivity contribution in [3.05, 3.63) is 12.0 Å². The van der Waals surface area contributed by atoms with Crippen LogP contribution >= 0.6 is 0 Å². The molecule has 0 atom stereocenters. The number of nitrogens with zero attached hydrogens (tertiary/aromatic N) is 2. The van der Waals surface area contributed by atoms with Gasteiger partial charge in [-0.2, -0.15) is 4.98 Å². The van der Waals surface area contributed by atoms with Gasteiger partial charge in [-0.15, -0.1) is 0 Å². The summed E-state index contributed by atoms with van der Waals surface area (Å²) in [5.41, 5.74) is 0.531. The first-order chi connectivity index (χ1) is 6.85. The Bertz CT molecular complexity index is 296. The fourth-order valence-electron chi connectivity index (χ4n) is 1.43. The lowest BCUT2D eigenvalue weighted by molar-refractivity contribution is 0.276. The Morgan fingerprint density at radius 1 is 1.50 bits per heavy atom. The van der Waals surface area contributed by atoms with E-state index in [-0.39, 0.29) is 13.2 Å². The molecule has 1 fully saturated rings. The van der Waals surface area contributed by atoms with E-state index in [0.29, 0.717) is 24.3 Å². The zero-order valence-corrected chi connectivity index (χ0v) is 7.89. The van der Waals surface area contributed by atoms with Crippen LogP contribution in [0.4, 0.5) is 6.01 Å². The normalized spacial score (nSPS) is 15.9. The van der Waals surface area contributed by atoms with Crippen molar-refractivity contribution < 1.29 is 14.6 Å². The summed E-state index contributed by atoms with van der Waals surface area (Å²) in [5, 5.41) is 17.7. The number of anilines is 1. The molecule has 0 aromatic carbocycles. The van der Waals surface area contributed by atoms with Crippen LogP contribution < -0.4 is 4.90 Å². The van der Waals surface area contributed by atoms with Crippen LogP contribution in [0, 0.1) is 0 Å². The van der Waals surface area contributed by atoms with Gasteiger partial charge >= 0.3 is 0 Å². The summed E-state index contributed by atoms with van der Waals surface area (Å²) in [5.74, 6) is 0. The molecule has 1 aromatic rings. The second-order valence-corrected chi connectivity index (χ2v) is 3.43. The molecule has 5 heteroatoms. The Hall–Kier alpha value is -1.07. The minimum absolute atomic E-state index is 0.0906. The number of hydrogen-bond donors (Lipinski definition) is 2. The number of aliphatic hydroxyl groups is 2. The maximum Gasteiger partial charge on any atom is 0.297 e. The molecule has 0 bridgehead atoms. The molecule has 0 saturated heterocycles. The van der Waals surface area contributed by atoms with Gasteiger partial charge < -0.3 is 19.5 Å². The minimum Gasteiger partial charge on any atom is -0.432 e. The Labute approximate surface area is 82.0 Å². The van der Waals surface area contributed by atoms with Crippen LogP contribution in [0.15, 0.2) is 10.7 Å². The molecule has 1 aliphatic carbocycles. The van der Waals surface area contributed by atoms with E-state index in [0.717, 1.165) is 12.8 Å². The Balaban J connectivity index is 2.08. The fraction of sp³-hybridized carbons (Fsp3) is 0.667. The number of aliphatic hydroxyl groups excluding tert-OH is 2. The van der Waals surface area contributed by atoms with Crippen LogP contribution in [0.5, 0.6) is 0 Å². The van der Waals surface area contributed by atoms with E-state index >= 15 is 0 Å². The second-order valence-electron chi connectivity index (χ2n) is 3.43. The van der Waals surface area contributed by atoms with Crippen molar-refractivity contribution in [2.45, 2.75) is 25.5 Å². The van der Waals surface area contributed by atoms with Crippen molar-refractivity contribution in [1.82, 2.24) is 4.98 Å². The SMILES string of the molecule is OCCN(c1nc(CO)co1)C1CC1. The number of oxazole rings is 1. The average Bonchev–Trinajstić information content (AvgIpc) is 2.92. The molecule has 1 aliphatic rings. The first-order valence-electron chi connectivity index (χ1n) is 4.78. The van der Waals surface area contributed by atoms with Gasteiger partial charge in [-0.05, 0) is 12.8 Å². The first kappa shape index (κ1) is 9.48. The third kappa shape index (κ3) is 1.88. The fourth-order valence-corrected chi connectivity index (χ4v) is 1.43.